The van der Waals surface area contributed by atoms with Crippen molar-refractivity contribution in [3.8, 4) is 11.5 Å². The summed E-state index contributed by atoms with van der Waals surface area (Å²) in [6, 6.07) is 9.77. The van der Waals surface area contributed by atoms with E-state index in [0.29, 0.717) is 0 Å². The van der Waals surface area contributed by atoms with Gasteiger partial charge in [-0.05, 0) is 74.7 Å². The first-order chi connectivity index (χ1) is 14.9. The van der Waals surface area contributed by atoms with E-state index in [1.54, 1.807) is 0 Å². The van der Waals surface area contributed by atoms with Gasteiger partial charge < -0.3 is 9.47 Å². The number of halogens is 3. The minimum absolute atomic E-state index is 0.0677. The van der Waals surface area contributed by atoms with Crippen molar-refractivity contribution in [2.24, 2.45) is 0 Å². The van der Waals surface area contributed by atoms with Crippen LogP contribution in [0, 0.1) is 0 Å². The molecule has 0 spiro atoms. The van der Waals surface area contributed by atoms with Gasteiger partial charge in [-0.2, -0.15) is 4.31 Å². The van der Waals surface area contributed by atoms with Crippen LogP contribution in [0.3, 0.4) is 0 Å². The first-order valence-electron chi connectivity index (χ1n) is 10.3. The van der Waals surface area contributed by atoms with E-state index in [2.05, 4.69) is 4.74 Å². The molecule has 1 fully saturated rings. The number of alkyl halides is 3. The number of hydrogen-bond donors (Lipinski definition) is 0. The average molecular weight is 468 g/mol. The summed E-state index contributed by atoms with van der Waals surface area (Å²) in [4.78, 5) is -0.0677. The molecule has 1 saturated carbocycles. The molecule has 4 rings (SSSR count). The van der Waals surface area contributed by atoms with Crippen molar-refractivity contribution in [2.45, 2.75) is 62.6 Å². The van der Waals surface area contributed by atoms with E-state index in [0.717, 1.165) is 60.4 Å². The van der Waals surface area contributed by atoms with Gasteiger partial charge in [-0.15, -0.1) is 13.2 Å². The lowest BCUT2D eigenvalue weighted by molar-refractivity contribution is -0.274. The van der Waals surface area contributed by atoms with Crippen LogP contribution in [0.1, 0.15) is 44.2 Å². The zero-order valence-electron chi connectivity index (χ0n) is 17.7. The van der Waals surface area contributed by atoms with Crippen molar-refractivity contribution in [3.63, 3.8) is 0 Å². The van der Waals surface area contributed by atoms with Crippen LogP contribution in [0.15, 0.2) is 53.4 Å². The van der Waals surface area contributed by atoms with E-state index in [1.807, 2.05) is 44.2 Å². The lowest BCUT2D eigenvalue weighted by atomic mass is 9.93. The van der Waals surface area contributed by atoms with Gasteiger partial charge >= 0.3 is 6.36 Å². The number of benzene rings is 2. The maximum Gasteiger partial charge on any atom is 0.573 e. The summed E-state index contributed by atoms with van der Waals surface area (Å²) in [5.74, 6) is 0.274. The van der Waals surface area contributed by atoms with Crippen LogP contribution < -0.4 is 9.47 Å². The third-order valence-electron chi connectivity index (χ3n) is 5.60. The molecule has 32 heavy (non-hydrogen) atoms. The number of ether oxygens (including phenoxy) is 2. The molecule has 1 heterocycles. The Hall–Kier alpha value is -2.52. The fourth-order valence-corrected chi connectivity index (χ4v) is 5.41. The normalized spacial score (nSPS) is 18.1. The number of hydrogen-bond acceptors (Lipinski definition) is 4. The summed E-state index contributed by atoms with van der Waals surface area (Å²) in [6.07, 6.45) is 1.50. The van der Waals surface area contributed by atoms with Gasteiger partial charge in [0.25, 0.3) is 0 Å². The summed E-state index contributed by atoms with van der Waals surface area (Å²) in [5, 5.41) is 0. The van der Waals surface area contributed by atoms with E-state index >= 15 is 0 Å². The number of fused-ring (bicyclic) bond motifs is 1. The van der Waals surface area contributed by atoms with Crippen LogP contribution in [-0.2, 0) is 16.6 Å². The minimum atomic E-state index is -4.84. The van der Waals surface area contributed by atoms with E-state index in [-0.39, 0.29) is 17.5 Å². The first kappa shape index (κ1) is 22.7. The third kappa shape index (κ3) is 4.94. The summed E-state index contributed by atoms with van der Waals surface area (Å²) >= 11 is 0. The fraction of sp³-hybridized carbons (Fsp3) is 0.391. The Kier molecular flexibility index (Phi) is 5.75. The molecule has 1 aliphatic carbocycles. The first-order valence-corrected chi connectivity index (χ1v) is 11.8. The molecule has 9 heteroatoms. The van der Waals surface area contributed by atoms with Gasteiger partial charge in [-0.3, -0.25) is 0 Å². The molecule has 0 bridgehead atoms. The molecule has 172 valence electrons. The molecular formula is C23H24F3NO4S. The van der Waals surface area contributed by atoms with Gasteiger partial charge in [0.05, 0.1) is 4.90 Å². The molecule has 0 radical (unpaired) electrons. The van der Waals surface area contributed by atoms with E-state index in [9.17, 15) is 21.6 Å². The Bertz CT molecular complexity index is 1120. The quantitative estimate of drug-likeness (QED) is 0.562. The molecule has 5 nitrogen and oxygen atoms in total. The summed E-state index contributed by atoms with van der Waals surface area (Å²) in [7, 11) is -3.91. The van der Waals surface area contributed by atoms with Gasteiger partial charge in [-0.25, -0.2) is 8.42 Å². The molecule has 0 aromatic heterocycles. The molecule has 0 unspecified atom stereocenters. The molecule has 0 amide bonds. The highest BCUT2D eigenvalue weighted by Crippen LogP contribution is 2.35. The summed E-state index contributed by atoms with van der Waals surface area (Å²) < 4.78 is 75.2. The lowest BCUT2D eigenvalue weighted by Crippen LogP contribution is -2.43. The van der Waals surface area contributed by atoms with Crippen molar-refractivity contribution in [1.29, 1.82) is 0 Å². The van der Waals surface area contributed by atoms with E-state index < -0.39 is 27.7 Å². The second-order valence-corrected chi connectivity index (χ2v) is 10.5. The maximum atomic E-state index is 13.4. The molecule has 0 N–H and O–H groups in total. The second-order valence-electron chi connectivity index (χ2n) is 8.57. The lowest BCUT2D eigenvalue weighted by Gasteiger charge is -2.37. The zero-order valence-corrected chi connectivity index (χ0v) is 18.5. The average Bonchev–Trinajstić information content (AvgIpc) is 2.65. The highest BCUT2D eigenvalue weighted by Gasteiger charge is 2.36. The second kappa shape index (κ2) is 8.12. The van der Waals surface area contributed by atoms with E-state index in [1.165, 1.54) is 4.31 Å². The number of rotatable bonds is 6. The Balaban J connectivity index is 1.59. The SMILES string of the molecule is CC1(C)C=Cc2cc(CN(C3CCC3)S(=O)(=O)c3ccc(OC(F)(F)F)cc3)ccc2O1. The Morgan fingerprint density at radius 2 is 1.81 bits per heavy atom. The topological polar surface area (TPSA) is 55.8 Å². The maximum absolute atomic E-state index is 13.4. The van der Waals surface area contributed by atoms with Gasteiger partial charge in [0.15, 0.2) is 0 Å². The third-order valence-corrected chi connectivity index (χ3v) is 7.51. The smallest absolute Gasteiger partial charge is 0.483 e. The Morgan fingerprint density at radius 3 is 2.41 bits per heavy atom. The Morgan fingerprint density at radius 1 is 1.12 bits per heavy atom. The predicted molar refractivity (Wildman–Crippen MR) is 114 cm³/mol. The highest BCUT2D eigenvalue weighted by molar-refractivity contribution is 7.89. The number of nitrogens with zero attached hydrogens (tertiary/aromatic N) is 1. The molecule has 1 aliphatic heterocycles. The largest absolute Gasteiger partial charge is 0.573 e. The van der Waals surface area contributed by atoms with Crippen molar-refractivity contribution < 1.29 is 31.1 Å². The van der Waals surface area contributed by atoms with Crippen molar-refractivity contribution in [1.82, 2.24) is 4.31 Å². The van der Waals surface area contributed by atoms with Crippen molar-refractivity contribution in [2.75, 3.05) is 0 Å². The molecule has 0 saturated heterocycles. The van der Waals surface area contributed by atoms with E-state index in [4.69, 9.17) is 4.74 Å². The highest BCUT2D eigenvalue weighted by atomic mass is 32.2. The monoisotopic (exact) mass is 467 g/mol. The van der Waals surface area contributed by atoms with Crippen LogP contribution in [0.2, 0.25) is 0 Å². The van der Waals surface area contributed by atoms with Crippen LogP contribution in [0.25, 0.3) is 6.08 Å². The molecule has 2 aliphatic rings. The Labute approximate surface area is 185 Å². The van der Waals surface area contributed by atoms with Crippen molar-refractivity contribution >= 4 is 16.1 Å². The molecular weight excluding hydrogens is 443 g/mol. The van der Waals surface area contributed by atoms with Crippen LogP contribution in [0.4, 0.5) is 13.2 Å². The molecule has 2 aromatic rings. The zero-order chi connectivity index (χ0) is 23.1. The molecule has 2 aromatic carbocycles. The minimum Gasteiger partial charge on any atom is -0.483 e. The van der Waals surface area contributed by atoms with Crippen LogP contribution in [-0.4, -0.2) is 30.7 Å². The van der Waals surface area contributed by atoms with Crippen molar-refractivity contribution in [3.05, 3.63) is 59.7 Å². The van der Waals surface area contributed by atoms with Gasteiger partial charge in [0, 0.05) is 18.2 Å². The van der Waals surface area contributed by atoms with Gasteiger partial charge in [-0.1, -0.05) is 18.6 Å². The summed E-state index contributed by atoms with van der Waals surface area (Å²) in [5.41, 5.74) is 1.28. The summed E-state index contributed by atoms with van der Waals surface area (Å²) in [6.45, 7) is 4.07. The number of sulfonamides is 1. The van der Waals surface area contributed by atoms with Crippen LogP contribution in [0.5, 0.6) is 11.5 Å². The fourth-order valence-electron chi connectivity index (χ4n) is 3.74. The standard InChI is InChI=1S/C23H24F3NO4S/c1-22(2)13-12-17-14-16(6-11-21(17)31-22)15-27(18-4-3-5-18)32(28,29)20-9-7-19(8-10-20)30-23(24,25)26/h6-14,18H,3-5,15H2,1-2H3. The predicted octanol–water partition coefficient (Wildman–Crippen LogP) is 5.51. The van der Waals surface area contributed by atoms with Gasteiger partial charge in [0.2, 0.25) is 10.0 Å². The van der Waals surface area contributed by atoms with Crippen LogP contribution >= 0.6 is 0 Å². The van der Waals surface area contributed by atoms with Gasteiger partial charge in [0.1, 0.15) is 17.1 Å². The molecule has 0 atom stereocenters.